The number of aryl methyl sites for hydroxylation is 1. The average molecular weight is 303 g/mol. The molecule has 0 aliphatic heterocycles. The van der Waals surface area contributed by atoms with E-state index < -0.39 is 0 Å². The monoisotopic (exact) mass is 303 g/mol. The molecule has 122 valence electrons. The Bertz CT molecular complexity index is 451. The molecule has 0 bridgehead atoms. The zero-order valence-electron chi connectivity index (χ0n) is 14.1. The van der Waals surface area contributed by atoms with Crippen LogP contribution in [-0.2, 0) is 6.42 Å². The summed E-state index contributed by atoms with van der Waals surface area (Å²) in [5.41, 5.74) is 1.11. The summed E-state index contributed by atoms with van der Waals surface area (Å²) in [4.78, 5) is 0. The third-order valence-electron chi connectivity index (χ3n) is 3.76. The fourth-order valence-corrected chi connectivity index (χ4v) is 2.43. The molecule has 0 unspecified atom stereocenters. The summed E-state index contributed by atoms with van der Waals surface area (Å²) in [6.45, 7) is 2.98. The van der Waals surface area contributed by atoms with Crippen molar-refractivity contribution in [1.82, 2.24) is 0 Å². The molecule has 0 spiro atoms. The Morgan fingerprint density at radius 3 is 2.41 bits per heavy atom. The van der Waals surface area contributed by atoms with Crippen LogP contribution in [0, 0.1) is 11.3 Å². The second kappa shape index (κ2) is 11.9. The number of ether oxygens (including phenoxy) is 2. The number of methoxy groups -OCH3 is 1. The first-order valence-corrected chi connectivity index (χ1v) is 8.48. The Hall–Kier alpha value is -1.69. The molecule has 1 aromatic carbocycles. The summed E-state index contributed by atoms with van der Waals surface area (Å²) in [6, 6.07) is 8.10. The van der Waals surface area contributed by atoms with Crippen molar-refractivity contribution < 1.29 is 9.47 Å². The van der Waals surface area contributed by atoms with Gasteiger partial charge in [-0.1, -0.05) is 51.5 Å². The number of benzene rings is 1. The van der Waals surface area contributed by atoms with Crippen LogP contribution < -0.4 is 9.47 Å². The minimum Gasteiger partial charge on any atom is -0.493 e. The van der Waals surface area contributed by atoms with E-state index in [-0.39, 0.29) is 0 Å². The van der Waals surface area contributed by atoms with Crippen molar-refractivity contribution >= 4 is 0 Å². The highest BCUT2D eigenvalue weighted by molar-refractivity contribution is 5.43. The molecule has 0 saturated heterocycles. The van der Waals surface area contributed by atoms with Crippen LogP contribution >= 0.6 is 0 Å². The van der Waals surface area contributed by atoms with Gasteiger partial charge in [0.25, 0.3) is 0 Å². The molecular weight excluding hydrogens is 274 g/mol. The van der Waals surface area contributed by atoms with Gasteiger partial charge in [0.2, 0.25) is 0 Å². The second-order valence-corrected chi connectivity index (χ2v) is 5.61. The van der Waals surface area contributed by atoms with Crippen molar-refractivity contribution in [2.45, 2.75) is 64.7 Å². The average Bonchev–Trinajstić information content (AvgIpc) is 2.55. The largest absolute Gasteiger partial charge is 0.493 e. The first-order valence-electron chi connectivity index (χ1n) is 8.48. The summed E-state index contributed by atoms with van der Waals surface area (Å²) < 4.78 is 11.2. The highest BCUT2D eigenvalue weighted by Gasteiger charge is 2.05. The van der Waals surface area contributed by atoms with E-state index in [0.29, 0.717) is 6.42 Å². The van der Waals surface area contributed by atoms with E-state index in [1.165, 1.54) is 38.5 Å². The predicted octanol–water partition coefficient (Wildman–Crippen LogP) is 5.28. The molecule has 1 aromatic rings. The van der Waals surface area contributed by atoms with E-state index >= 15 is 0 Å². The van der Waals surface area contributed by atoms with Crippen LogP contribution in [-0.4, -0.2) is 13.7 Å². The maximum Gasteiger partial charge on any atom is 0.161 e. The Labute approximate surface area is 135 Å². The van der Waals surface area contributed by atoms with Gasteiger partial charge in [0.1, 0.15) is 0 Å². The van der Waals surface area contributed by atoms with Gasteiger partial charge in [0.15, 0.2) is 11.5 Å². The molecule has 0 radical (unpaired) electrons. The smallest absolute Gasteiger partial charge is 0.161 e. The molecule has 0 saturated carbocycles. The van der Waals surface area contributed by atoms with Gasteiger partial charge in [-0.05, 0) is 30.5 Å². The number of nitrogens with zero attached hydrogens (tertiary/aromatic N) is 1. The van der Waals surface area contributed by atoms with Crippen LogP contribution in [0.25, 0.3) is 0 Å². The summed E-state index contributed by atoms with van der Waals surface area (Å²) in [5.74, 6) is 1.56. The van der Waals surface area contributed by atoms with Gasteiger partial charge in [-0.2, -0.15) is 5.26 Å². The fourth-order valence-electron chi connectivity index (χ4n) is 2.43. The molecule has 0 amide bonds. The van der Waals surface area contributed by atoms with Gasteiger partial charge in [0, 0.05) is 6.42 Å². The standard InChI is InChI=1S/C19H29NO2/c1-3-4-5-6-7-8-9-15-22-18-13-12-17(11-10-14-20)16-19(18)21-2/h12-13,16H,3-11,15H2,1-2H3. The van der Waals surface area contributed by atoms with Crippen LogP contribution in [0.1, 0.15) is 63.9 Å². The lowest BCUT2D eigenvalue weighted by Gasteiger charge is -2.12. The molecule has 0 aliphatic carbocycles. The topological polar surface area (TPSA) is 42.2 Å². The first kappa shape index (κ1) is 18.4. The quantitative estimate of drug-likeness (QED) is 0.493. The van der Waals surface area contributed by atoms with E-state index in [0.717, 1.165) is 36.5 Å². The van der Waals surface area contributed by atoms with Gasteiger partial charge in [-0.25, -0.2) is 0 Å². The van der Waals surface area contributed by atoms with Crippen molar-refractivity contribution in [3.63, 3.8) is 0 Å². The van der Waals surface area contributed by atoms with Crippen LogP contribution in [0.5, 0.6) is 11.5 Å². The van der Waals surface area contributed by atoms with Crippen molar-refractivity contribution in [2.75, 3.05) is 13.7 Å². The minimum absolute atomic E-state index is 0.529. The van der Waals surface area contributed by atoms with Crippen LogP contribution in [0.4, 0.5) is 0 Å². The Morgan fingerprint density at radius 2 is 1.73 bits per heavy atom. The van der Waals surface area contributed by atoms with Crippen molar-refractivity contribution in [3.05, 3.63) is 23.8 Å². The van der Waals surface area contributed by atoms with Gasteiger partial charge in [-0.15, -0.1) is 0 Å². The van der Waals surface area contributed by atoms with Crippen molar-refractivity contribution in [2.24, 2.45) is 0 Å². The molecule has 3 heteroatoms. The summed E-state index contributed by atoms with van der Waals surface area (Å²) >= 11 is 0. The Morgan fingerprint density at radius 1 is 1.00 bits per heavy atom. The highest BCUT2D eigenvalue weighted by Crippen LogP contribution is 2.28. The van der Waals surface area contributed by atoms with E-state index in [4.69, 9.17) is 14.7 Å². The first-order chi connectivity index (χ1) is 10.8. The molecule has 0 fully saturated rings. The number of nitriles is 1. The lowest BCUT2D eigenvalue weighted by atomic mass is 10.1. The van der Waals surface area contributed by atoms with Crippen LogP contribution in [0.2, 0.25) is 0 Å². The summed E-state index contributed by atoms with van der Waals surface area (Å²) in [5, 5.41) is 8.64. The number of rotatable bonds is 12. The molecule has 1 rings (SSSR count). The van der Waals surface area contributed by atoms with E-state index in [2.05, 4.69) is 13.0 Å². The third kappa shape index (κ3) is 7.36. The van der Waals surface area contributed by atoms with Crippen LogP contribution in [0.3, 0.4) is 0 Å². The third-order valence-corrected chi connectivity index (χ3v) is 3.76. The number of unbranched alkanes of at least 4 members (excludes halogenated alkanes) is 6. The zero-order chi connectivity index (χ0) is 16.0. The fraction of sp³-hybridized carbons (Fsp3) is 0.632. The number of hydrogen-bond donors (Lipinski definition) is 0. The van der Waals surface area contributed by atoms with Crippen molar-refractivity contribution in [3.8, 4) is 17.6 Å². The molecule has 0 heterocycles. The molecule has 0 aromatic heterocycles. The lowest BCUT2D eigenvalue weighted by Crippen LogP contribution is -2.00. The SMILES string of the molecule is CCCCCCCCCOc1ccc(CCC#N)cc1OC. The maximum absolute atomic E-state index is 8.64. The summed E-state index contributed by atoms with van der Waals surface area (Å²) in [7, 11) is 1.66. The van der Waals surface area contributed by atoms with E-state index in [1.807, 2.05) is 18.2 Å². The van der Waals surface area contributed by atoms with Gasteiger partial charge < -0.3 is 9.47 Å². The Kier molecular flexibility index (Phi) is 9.94. The second-order valence-electron chi connectivity index (χ2n) is 5.61. The van der Waals surface area contributed by atoms with Crippen LogP contribution in [0.15, 0.2) is 18.2 Å². The Balaban J connectivity index is 2.28. The predicted molar refractivity (Wildman–Crippen MR) is 90.4 cm³/mol. The summed E-state index contributed by atoms with van der Waals surface area (Å²) in [6.07, 6.45) is 10.2. The minimum atomic E-state index is 0.529. The highest BCUT2D eigenvalue weighted by atomic mass is 16.5. The van der Waals surface area contributed by atoms with Gasteiger partial charge >= 0.3 is 0 Å². The molecule has 3 nitrogen and oxygen atoms in total. The van der Waals surface area contributed by atoms with E-state index in [1.54, 1.807) is 7.11 Å². The normalized spacial score (nSPS) is 10.2. The van der Waals surface area contributed by atoms with E-state index in [9.17, 15) is 0 Å². The molecule has 22 heavy (non-hydrogen) atoms. The molecule has 0 aliphatic rings. The molecule has 0 N–H and O–H groups in total. The lowest BCUT2D eigenvalue weighted by molar-refractivity contribution is 0.284. The zero-order valence-corrected chi connectivity index (χ0v) is 14.1. The van der Waals surface area contributed by atoms with Gasteiger partial charge in [-0.3, -0.25) is 0 Å². The van der Waals surface area contributed by atoms with Crippen molar-refractivity contribution in [1.29, 1.82) is 5.26 Å². The van der Waals surface area contributed by atoms with Gasteiger partial charge in [0.05, 0.1) is 19.8 Å². The molecular formula is C19H29NO2. The maximum atomic E-state index is 8.64. The molecule has 0 atom stereocenters. The number of hydrogen-bond acceptors (Lipinski definition) is 3.